The van der Waals surface area contributed by atoms with Crippen LogP contribution in [0.15, 0.2) is 35.5 Å². The summed E-state index contributed by atoms with van der Waals surface area (Å²) >= 11 is 0. The number of hydrogen-bond acceptors (Lipinski definition) is 5. The molecule has 1 aromatic heterocycles. The lowest BCUT2D eigenvalue weighted by Crippen LogP contribution is -2.13. The van der Waals surface area contributed by atoms with E-state index in [9.17, 15) is 13.2 Å². The van der Waals surface area contributed by atoms with Gasteiger partial charge in [-0.3, -0.25) is 4.79 Å². The zero-order valence-electron chi connectivity index (χ0n) is 12.1. The Morgan fingerprint density at radius 2 is 1.86 bits per heavy atom. The highest BCUT2D eigenvalue weighted by Crippen LogP contribution is 2.13. The molecule has 0 aliphatic rings. The molecule has 0 saturated carbocycles. The molecule has 112 valence electrons. The minimum Gasteiger partial charge on any atom is -0.294 e. The van der Waals surface area contributed by atoms with Crippen molar-refractivity contribution in [2.45, 2.75) is 31.2 Å². The number of nitrogens with zero attached hydrogens (tertiary/aromatic N) is 3. The van der Waals surface area contributed by atoms with E-state index in [2.05, 4.69) is 10.1 Å². The molecule has 6 nitrogen and oxygen atoms in total. The number of Topliss-reactive ketones (excluding diaryl/α,β-unsaturated/α-hetero) is 1. The van der Waals surface area contributed by atoms with Crippen molar-refractivity contribution in [3.8, 4) is 0 Å². The first kappa shape index (κ1) is 15.4. The van der Waals surface area contributed by atoms with Gasteiger partial charge in [-0.1, -0.05) is 12.1 Å². The van der Waals surface area contributed by atoms with Crippen LogP contribution < -0.4 is 0 Å². The molecule has 7 heteroatoms. The zero-order valence-corrected chi connectivity index (χ0v) is 13.0. The predicted molar refractivity (Wildman–Crippen MR) is 78.0 cm³/mol. The number of sulfone groups is 1. The van der Waals surface area contributed by atoms with Gasteiger partial charge in [0.1, 0.15) is 12.2 Å². The molecule has 0 aliphatic carbocycles. The first-order valence-electron chi connectivity index (χ1n) is 6.50. The molecule has 0 saturated heterocycles. The molecule has 0 amide bonds. The van der Waals surface area contributed by atoms with Gasteiger partial charge in [0.15, 0.2) is 15.6 Å². The van der Waals surface area contributed by atoms with Gasteiger partial charge in [-0.05, 0) is 26.0 Å². The highest BCUT2D eigenvalue weighted by Gasteiger charge is 2.15. The molecule has 2 aromatic rings. The van der Waals surface area contributed by atoms with E-state index in [4.69, 9.17) is 0 Å². The summed E-state index contributed by atoms with van der Waals surface area (Å²) in [5.41, 5.74) is 0.459. The maximum Gasteiger partial charge on any atom is 0.175 e. The molecular formula is C14H17N3O3S. The monoisotopic (exact) mass is 307 g/mol. The molecule has 0 aliphatic heterocycles. The van der Waals surface area contributed by atoms with E-state index in [1.807, 2.05) is 13.8 Å². The molecule has 0 bridgehead atoms. The van der Waals surface area contributed by atoms with Crippen LogP contribution in [0, 0.1) is 0 Å². The number of rotatable bonds is 5. The molecular weight excluding hydrogens is 290 g/mol. The maximum atomic E-state index is 12.2. The van der Waals surface area contributed by atoms with Gasteiger partial charge >= 0.3 is 0 Å². The Morgan fingerprint density at radius 3 is 2.38 bits per heavy atom. The molecule has 2 rings (SSSR count). The second-order valence-corrected chi connectivity index (χ2v) is 7.13. The smallest absolute Gasteiger partial charge is 0.175 e. The molecule has 1 aromatic carbocycles. The van der Waals surface area contributed by atoms with Gasteiger partial charge in [0.05, 0.1) is 11.3 Å². The Labute approximate surface area is 123 Å². The largest absolute Gasteiger partial charge is 0.294 e. The van der Waals surface area contributed by atoms with Crippen LogP contribution in [0.2, 0.25) is 0 Å². The summed E-state index contributed by atoms with van der Waals surface area (Å²) in [5.74, 6) is 0.479. The van der Waals surface area contributed by atoms with E-state index < -0.39 is 9.84 Å². The molecule has 0 unspecified atom stereocenters. The van der Waals surface area contributed by atoms with Crippen molar-refractivity contribution in [2.75, 3.05) is 6.26 Å². The van der Waals surface area contributed by atoms with Crippen LogP contribution in [-0.2, 0) is 16.3 Å². The van der Waals surface area contributed by atoms with Crippen LogP contribution in [0.3, 0.4) is 0 Å². The number of hydrogen-bond donors (Lipinski definition) is 0. The van der Waals surface area contributed by atoms with Crippen molar-refractivity contribution in [3.05, 3.63) is 42.0 Å². The minimum absolute atomic E-state index is 0.120. The van der Waals surface area contributed by atoms with Crippen LogP contribution in [0.5, 0.6) is 0 Å². The normalized spacial score (nSPS) is 11.8. The predicted octanol–water partition coefficient (Wildman–Crippen LogP) is 1.69. The van der Waals surface area contributed by atoms with E-state index in [0.717, 1.165) is 6.26 Å². The number of carbonyl (C=O) groups excluding carboxylic acids is 1. The Hall–Kier alpha value is -2.02. The molecule has 0 spiro atoms. The average molecular weight is 307 g/mol. The minimum atomic E-state index is -3.25. The van der Waals surface area contributed by atoms with Gasteiger partial charge in [0.2, 0.25) is 0 Å². The number of carbonyl (C=O) groups is 1. The summed E-state index contributed by atoms with van der Waals surface area (Å²) in [6, 6.07) is 6.05. The third kappa shape index (κ3) is 3.55. The van der Waals surface area contributed by atoms with E-state index in [0.29, 0.717) is 11.4 Å². The van der Waals surface area contributed by atoms with E-state index in [1.165, 1.54) is 30.6 Å². The maximum absolute atomic E-state index is 12.2. The standard InChI is InChI=1S/C14H17N3O3S/c1-10(2)17-14(15-9-16-17)8-13(18)11-4-6-12(7-5-11)21(3,19)20/h4-7,9-10H,8H2,1-3H3. The van der Waals surface area contributed by atoms with Crippen molar-refractivity contribution < 1.29 is 13.2 Å². The Kier molecular flexibility index (Phi) is 4.22. The summed E-state index contributed by atoms with van der Waals surface area (Å²) in [6.07, 6.45) is 2.70. The third-order valence-corrected chi connectivity index (χ3v) is 4.19. The first-order valence-corrected chi connectivity index (χ1v) is 8.40. The van der Waals surface area contributed by atoms with Crippen molar-refractivity contribution in [3.63, 3.8) is 0 Å². The number of aromatic nitrogens is 3. The van der Waals surface area contributed by atoms with Gasteiger partial charge < -0.3 is 0 Å². The fourth-order valence-corrected chi connectivity index (χ4v) is 2.60. The Bertz CT molecular complexity index is 746. The van der Waals surface area contributed by atoms with Crippen LogP contribution in [0.1, 0.15) is 36.1 Å². The molecule has 0 radical (unpaired) electrons. The number of ketones is 1. The van der Waals surface area contributed by atoms with Crippen molar-refractivity contribution in [1.29, 1.82) is 0 Å². The highest BCUT2D eigenvalue weighted by molar-refractivity contribution is 7.90. The lowest BCUT2D eigenvalue weighted by Gasteiger charge is -2.08. The quantitative estimate of drug-likeness (QED) is 0.785. The lowest BCUT2D eigenvalue weighted by atomic mass is 10.1. The SMILES string of the molecule is CC(C)n1ncnc1CC(=O)c1ccc(S(C)(=O)=O)cc1. The van der Waals surface area contributed by atoms with Crippen LogP contribution in [0.4, 0.5) is 0 Å². The second-order valence-electron chi connectivity index (χ2n) is 5.11. The van der Waals surface area contributed by atoms with Gasteiger partial charge in [0.25, 0.3) is 0 Å². The van der Waals surface area contributed by atoms with E-state index in [-0.39, 0.29) is 23.1 Å². The van der Waals surface area contributed by atoms with Gasteiger partial charge in [-0.2, -0.15) is 5.10 Å². The topological polar surface area (TPSA) is 81.9 Å². The second kappa shape index (κ2) is 5.77. The Balaban J connectivity index is 2.19. The summed E-state index contributed by atoms with van der Waals surface area (Å²) in [6.45, 7) is 3.92. The molecule has 21 heavy (non-hydrogen) atoms. The fraction of sp³-hybridized carbons (Fsp3) is 0.357. The van der Waals surface area contributed by atoms with Gasteiger partial charge in [-0.15, -0.1) is 0 Å². The summed E-state index contributed by atoms with van der Waals surface area (Å²) in [4.78, 5) is 16.5. The van der Waals surface area contributed by atoms with Crippen LogP contribution >= 0.6 is 0 Å². The molecule has 0 fully saturated rings. The first-order chi connectivity index (χ1) is 9.79. The number of benzene rings is 1. The third-order valence-electron chi connectivity index (χ3n) is 3.06. The highest BCUT2D eigenvalue weighted by atomic mass is 32.2. The Morgan fingerprint density at radius 1 is 1.24 bits per heavy atom. The summed E-state index contributed by atoms with van der Waals surface area (Å²) in [7, 11) is -3.25. The average Bonchev–Trinajstić information content (AvgIpc) is 2.86. The van der Waals surface area contributed by atoms with Crippen LogP contribution in [0.25, 0.3) is 0 Å². The van der Waals surface area contributed by atoms with E-state index >= 15 is 0 Å². The summed E-state index contributed by atoms with van der Waals surface area (Å²) < 4.78 is 24.5. The van der Waals surface area contributed by atoms with Gasteiger partial charge in [0, 0.05) is 17.9 Å². The fourth-order valence-electron chi connectivity index (χ4n) is 1.97. The zero-order chi connectivity index (χ0) is 15.6. The van der Waals surface area contributed by atoms with Crippen molar-refractivity contribution >= 4 is 15.6 Å². The summed E-state index contributed by atoms with van der Waals surface area (Å²) in [5, 5.41) is 4.08. The van der Waals surface area contributed by atoms with Crippen molar-refractivity contribution in [1.82, 2.24) is 14.8 Å². The molecule has 1 heterocycles. The van der Waals surface area contributed by atoms with E-state index in [1.54, 1.807) is 4.68 Å². The molecule has 0 N–H and O–H groups in total. The van der Waals surface area contributed by atoms with Crippen molar-refractivity contribution in [2.24, 2.45) is 0 Å². The van der Waals surface area contributed by atoms with Crippen LogP contribution in [-0.4, -0.2) is 35.2 Å². The molecule has 0 atom stereocenters. The lowest BCUT2D eigenvalue weighted by molar-refractivity contribution is 0.0989. The van der Waals surface area contributed by atoms with Gasteiger partial charge in [-0.25, -0.2) is 18.1 Å².